The monoisotopic (exact) mass is 314 g/mol. The van der Waals surface area contributed by atoms with E-state index in [9.17, 15) is 9.18 Å². The smallest absolute Gasteiger partial charge is 0.267 e. The van der Waals surface area contributed by atoms with E-state index < -0.39 is 5.82 Å². The Morgan fingerprint density at radius 3 is 2.35 bits per heavy atom. The molecule has 4 aliphatic rings. The van der Waals surface area contributed by atoms with Crippen molar-refractivity contribution in [2.75, 3.05) is 0 Å². The maximum absolute atomic E-state index is 13.2. The SMILES string of the molecule is C/C(=N/NC(=O)c1cccc(F)c1)C12CC3CC(CC(C3)C1)C2. The number of hydrogen-bond donors (Lipinski definition) is 1. The second-order valence-corrected chi connectivity index (χ2v) is 7.85. The van der Waals surface area contributed by atoms with Gasteiger partial charge >= 0.3 is 0 Å². The Morgan fingerprint density at radius 1 is 1.17 bits per heavy atom. The highest BCUT2D eigenvalue weighted by Crippen LogP contribution is 2.60. The van der Waals surface area contributed by atoms with Gasteiger partial charge in [-0.15, -0.1) is 0 Å². The molecular formula is C19H23FN2O. The molecule has 0 aliphatic heterocycles. The second-order valence-electron chi connectivity index (χ2n) is 7.85. The van der Waals surface area contributed by atoms with E-state index in [0.717, 1.165) is 23.5 Å². The third-order valence-corrected chi connectivity index (χ3v) is 6.22. The quantitative estimate of drug-likeness (QED) is 0.661. The number of hydrogen-bond acceptors (Lipinski definition) is 2. The van der Waals surface area contributed by atoms with Gasteiger partial charge in [0.05, 0.1) is 0 Å². The van der Waals surface area contributed by atoms with E-state index in [-0.39, 0.29) is 11.3 Å². The molecule has 4 heteroatoms. The van der Waals surface area contributed by atoms with E-state index >= 15 is 0 Å². The Morgan fingerprint density at radius 2 is 1.78 bits per heavy atom. The summed E-state index contributed by atoms with van der Waals surface area (Å²) >= 11 is 0. The molecule has 1 aromatic carbocycles. The van der Waals surface area contributed by atoms with Crippen molar-refractivity contribution in [3.63, 3.8) is 0 Å². The highest BCUT2D eigenvalue weighted by molar-refractivity contribution is 5.96. The summed E-state index contributed by atoms with van der Waals surface area (Å²) in [5.41, 5.74) is 4.20. The zero-order chi connectivity index (χ0) is 16.0. The summed E-state index contributed by atoms with van der Waals surface area (Å²) in [6.07, 6.45) is 7.85. The number of hydrazone groups is 1. The molecule has 0 heterocycles. The number of benzene rings is 1. The van der Waals surface area contributed by atoms with Crippen molar-refractivity contribution >= 4 is 11.6 Å². The fourth-order valence-electron chi connectivity index (χ4n) is 5.50. The Bertz CT molecular complexity index is 632. The van der Waals surface area contributed by atoms with Crippen LogP contribution in [0.4, 0.5) is 4.39 Å². The maximum atomic E-state index is 13.2. The lowest BCUT2D eigenvalue weighted by molar-refractivity contribution is -0.0128. The predicted octanol–water partition coefficient (Wildman–Crippen LogP) is 4.15. The summed E-state index contributed by atoms with van der Waals surface area (Å²) in [4.78, 5) is 12.1. The van der Waals surface area contributed by atoms with Gasteiger partial charge < -0.3 is 0 Å². The molecule has 0 radical (unpaired) electrons. The van der Waals surface area contributed by atoms with Crippen molar-refractivity contribution < 1.29 is 9.18 Å². The summed E-state index contributed by atoms with van der Waals surface area (Å²) in [5, 5.41) is 4.41. The maximum Gasteiger partial charge on any atom is 0.271 e. The Balaban J connectivity index is 1.49. The molecule has 0 unspecified atom stereocenters. The largest absolute Gasteiger partial charge is 0.271 e. The zero-order valence-corrected chi connectivity index (χ0v) is 13.5. The first kappa shape index (κ1) is 14.9. The van der Waals surface area contributed by atoms with Crippen molar-refractivity contribution in [3.8, 4) is 0 Å². The molecule has 1 amide bonds. The van der Waals surface area contributed by atoms with Crippen LogP contribution in [0.1, 0.15) is 55.8 Å². The van der Waals surface area contributed by atoms with Crippen molar-refractivity contribution in [3.05, 3.63) is 35.6 Å². The number of carbonyl (C=O) groups excluding carboxylic acids is 1. The summed E-state index contributed by atoms with van der Waals surface area (Å²) in [5.74, 6) is 1.81. The fourth-order valence-corrected chi connectivity index (χ4v) is 5.50. The Hall–Kier alpha value is -1.71. The third kappa shape index (κ3) is 2.68. The van der Waals surface area contributed by atoms with Crippen LogP contribution in [-0.4, -0.2) is 11.6 Å². The molecule has 5 rings (SSSR count). The molecule has 122 valence electrons. The summed E-state index contributed by atoms with van der Waals surface area (Å²) in [6, 6.07) is 5.72. The van der Waals surface area contributed by atoms with E-state index in [4.69, 9.17) is 0 Å². The van der Waals surface area contributed by atoms with Crippen LogP contribution in [0.25, 0.3) is 0 Å². The van der Waals surface area contributed by atoms with Gasteiger partial charge in [0.15, 0.2) is 0 Å². The Labute approximate surface area is 136 Å². The van der Waals surface area contributed by atoms with Crippen LogP contribution in [-0.2, 0) is 0 Å². The molecule has 0 saturated heterocycles. The van der Waals surface area contributed by atoms with Crippen LogP contribution in [0, 0.1) is 29.0 Å². The average molecular weight is 314 g/mol. The van der Waals surface area contributed by atoms with E-state index in [1.54, 1.807) is 12.1 Å². The van der Waals surface area contributed by atoms with E-state index in [0.29, 0.717) is 5.56 Å². The second kappa shape index (κ2) is 5.43. The molecule has 23 heavy (non-hydrogen) atoms. The van der Waals surface area contributed by atoms with Crippen molar-refractivity contribution in [2.24, 2.45) is 28.3 Å². The molecule has 0 aromatic heterocycles. The molecule has 1 N–H and O–H groups in total. The summed E-state index contributed by atoms with van der Waals surface area (Å²) in [6.45, 7) is 2.05. The minimum atomic E-state index is -0.403. The lowest BCUT2D eigenvalue weighted by atomic mass is 9.48. The third-order valence-electron chi connectivity index (χ3n) is 6.22. The Kier molecular flexibility index (Phi) is 3.51. The predicted molar refractivity (Wildman–Crippen MR) is 87.6 cm³/mol. The normalized spacial score (nSPS) is 35.4. The zero-order valence-electron chi connectivity index (χ0n) is 13.5. The molecular weight excluding hydrogens is 291 g/mol. The van der Waals surface area contributed by atoms with Gasteiger partial charge in [-0.25, -0.2) is 9.82 Å². The van der Waals surface area contributed by atoms with Gasteiger partial charge in [0.1, 0.15) is 5.82 Å². The number of nitrogens with zero attached hydrogens (tertiary/aromatic N) is 1. The van der Waals surface area contributed by atoms with Gasteiger partial charge in [0, 0.05) is 16.7 Å². The fraction of sp³-hybridized carbons (Fsp3) is 0.579. The number of rotatable bonds is 3. The van der Waals surface area contributed by atoms with Crippen molar-refractivity contribution in [1.29, 1.82) is 0 Å². The van der Waals surface area contributed by atoms with Gasteiger partial charge in [-0.2, -0.15) is 5.10 Å². The average Bonchev–Trinajstić information content (AvgIpc) is 2.51. The van der Waals surface area contributed by atoms with Crippen LogP contribution in [0.2, 0.25) is 0 Å². The van der Waals surface area contributed by atoms with E-state index in [1.807, 2.05) is 0 Å². The summed E-state index contributed by atoms with van der Waals surface area (Å²) in [7, 11) is 0. The van der Waals surface area contributed by atoms with Crippen LogP contribution in [0.5, 0.6) is 0 Å². The molecule has 1 aromatic rings. The van der Waals surface area contributed by atoms with Crippen LogP contribution < -0.4 is 5.43 Å². The molecule has 4 aliphatic carbocycles. The highest BCUT2D eigenvalue weighted by atomic mass is 19.1. The lowest BCUT2D eigenvalue weighted by Gasteiger charge is -2.56. The van der Waals surface area contributed by atoms with Gasteiger partial charge in [0.2, 0.25) is 0 Å². The molecule has 4 fully saturated rings. The molecule has 3 nitrogen and oxygen atoms in total. The minimum absolute atomic E-state index is 0.198. The number of carbonyl (C=O) groups is 1. The van der Waals surface area contributed by atoms with Crippen LogP contribution in [0.15, 0.2) is 29.4 Å². The van der Waals surface area contributed by atoms with E-state index in [2.05, 4.69) is 17.5 Å². The van der Waals surface area contributed by atoms with Crippen LogP contribution in [0.3, 0.4) is 0 Å². The first-order valence-electron chi connectivity index (χ1n) is 8.65. The number of halogens is 1. The first-order valence-corrected chi connectivity index (χ1v) is 8.65. The molecule has 4 saturated carbocycles. The summed E-state index contributed by atoms with van der Waals surface area (Å²) < 4.78 is 13.2. The molecule has 0 atom stereocenters. The van der Waals surface area contributed by atoms with E-state index in [1.165, 1.54) is 50.7 Å². The first-order chi connectivity index (χ1) is 11.0. The highest BCUT2D eigenvalue weighted by Gasteiger charge is 2.52. The van der Waals surface area contributed by atoms with Crippen LogP contribution >= 0.6 is 0 Å². The van der Waals surface area contributed by atoms with Gasteiger partial charge in [0.25, 0.3) is 5.91 Å². The minimum Gasteiger partial charge on any atom is -0.267 e. The lowest BCUT2D eigenvalue weighted by Crippen LogP contribution is -2.49. The number of nitrogens with one attached hydrogen (secondary N) is 1. The molecule has 4 bridgehead atoms. The van der Waals surface area contributed by atoms with Gasteiger partial charge in [-0.1, -0.05) is 6.07 Å². The van der Waals surface area contributed by atoms with Crippen molar-refractivity contribution in [1.82, 2.24) is 5.43 Å². The topological polar surface area (TPSA) is 41.5 Å². The van der Waals surface area contributed by atoms with Gasteiger partial charge in [-0.3, -0.25) is 4.79 Å². The van der Waals surface area contributed by atoms with Crippen molar-refractivity contribution in [2.45, 2.75) is 45.4 Å². The number of amides is 1. The standard InChI is InChI=1S/C19H23FN2O/c1-12(21-22-18(23)16-3-2-4-17(20)8-16)19-9-13-5-14(10-19)7-15(6-13)11-19/h2-4,8,13-15H,5-7,9-11H2,1H3,(H,22,23)/b21-12-. The van der Waals surface area contributed by atoms with Gasteiger partial charge in [-0.05, 0) is 81.4 Å². The molecule has 0 spiro atoms.